The molecule has 1 atom stereocenters. The van der Waals surface area contributed by atoms with Crippen LogP contribution in [0.2, 0.25) is 0 Å². The van der Waals surface area contributed by atoms with Crippen molar-refractivity contribution >= 4 is 13.7 Å². The Hall–Kier alpha value is -1.25. The van der Waals surface area contributed by atoms with Crippen molar-refractivity contribution in [2.24, 2.45) is 0 Å². The van der Waals surface area contributed by atoms with E-state index in [1.54, 1.807) is 24.3 Å². The molecule has 1 unspecified atom stereocenters. The van der Waals surface area contributed by atoms with Crippen molar-refractivity contribution in [2.45, 2.75) is 6.61 Å². The van der Waals surface area contributed by atoms with Gasteiger partial charge < -0.3 is 4.74 Å². The lowest BCUT2D eigenvalue weighted by Crippen LogP contribution is -1.96. The Kier molecular flexibility index (Phi) is 3.55. The molecule has 0 aromatic heterocycles. The molecule has 1 rings (SSSR count). The largest absolute Gasteiger partial charge is 0.633 e. The lowest BCUT2D eigenvalue weighted by Gasteiger charge is -1.96. The summed E-state index contributed by atoms with van der Waals surface area (Å²) in [5.41, 5.74) is -0.299. The van der Waals surface area contributed by atoms with Crippen molar-refractivity contribution in [3.63, 3.8) is 0 Å². The fraction of sp³-hybridized carbons (Fsp3) is 0.125. The number of rotatable bonds is 3. The average molecular weight is 199 g/mol. The third-order valence-corrected chi connectivity index (χ3v) is 1.80. The molecule has 0 spiro atoms. The monoisotopic (exact) mass is 199 g/mol. The summed E-state index contributed by atoms with van der Waals surface area (Å²) in [7, 11) is -2.87. The van der Waals surface area contributed by atoms with Crippen molar-refractivity contribution in [2.75, 3.05) is 0 Å². The van der Waals surface area contributed by atoms with Crippen LogP contribution in [0, 0.1) is 0 Å². The molecule has 1 aromatic rings. The number of hydrogen-bond acceptors (Lipinski definition) is 3. The van der Waals surface area contributed by atoms with E-state index in [4.69, 9.17) is 4.89 Å². The zero-order chi connectivity index (χ0) is 9.68. The van der Waals surface area contributed by atoms with Gasteiger partial charge in [0.05, 0.1) is 0 Å². The van der Waals surface area contributed by atoms with E-state index in [0.29, 0.717) is 0 Å². The Morgan fingerprint density at radius 1 is 1.38 bits per heavy atom. The number of hydrogen-bond donors (Lipinski definition) is 1. The third-order valence-electron chi connectivity index (χ3n) is 1.36. The highest BCUT2D eigenvalue weighted by Gasteiger charge is 2.28. The van der Waals surface area contributed by atoms with Crippen LogP contribution < -0.4 is 0 Å². The first-order chi connectivity index (χ1) is 6.20. The van der Waals surface area contributed by atoms with Crippen molar-refractivity contribution in [1.82, 2.24) is 0 Å². The summed E-state index contributed by atoms with van der Waals surface area (Å²) in [6.07, 6.45) is 0. The Labute approximate surface area is 76.0 Å². The van der Waals surface area contributed by atoms with Crippen LogP contribution in [0.3, 0.4) is 0 Å². The molecule has 1 aromatic carbocycles. The SMILES string of the molecule is O=C(OCc1ccccc1)[P+](=O)O. The molecule has 0 bridgehead atoms. The summed E-state index contributed by atoms with van der Waals surface area (Å²) in [5, 5.41) is 0. The molecular formula is C8H8O4P+. The second-order valence-corrected chi connectivity index (χ2v) is 3.22. The van der Waals surface area contributed by atoms with E-state index >= 15 is 0 Å². The summed E-state index contributed by atoms with van der Waals surface area (Å²) in [4.78, 5) is 18.9. The van der Waals surface area contributed by atoms with Crippen LogP contribution in [0.15, 0.2) is 30.3 Å². The molecule has 5 heteroatoms. The summed E-state index contributed by atoms with van der Waals surface area (Å²) in [5.74, 6) is 0. The highest BCUT2D eigenvalue weighted by Crippen LogP contribution is 2.17. The second kappa shape index (κ2) is 4.70. The molecule has 0 aliphatic rings. The van der Waals surface area contributed by atoms with E-state index in [1.165, 1.54) is 0 Å². The maximum absolute atomic E-state index is 10.6. The predicted octanol–water partition coefficient (Wildman–Crippen LogP) is 2.06. The van der Waals surface area contributed by atoms with Gasteiger partial charge in [0, 0.05) is 0 Å². The minimum atomic E-state index is -2.87. The Balaban J connectivity index is 2.44. The summed E-state index contributed by atoms with van der Waals surface area (Å²) in [6.45, 7) is 0.0291. The molecule has 0 aliphatic carbocycles. The van der Waals surface area contributed by atoms with Gasteiger partial charge in [-0.15, -0.1) is 0 Å². The van der Waals surface area contributed by atoms with Gasteiger partial charge in [-0.05, 0) is 10.1 Å². The zero-order valence-corrected chi connectivity index (χ0v) is 7.61. The second-order valence-electron chi connectivity index (χ2n) is 2.31. The lowest BCUT2D eigenvalue weighted by molar-refractivity contribution is 0.163. The Morgan fingerprint density at radius 3 is 2.54 bits per heavy atom. The van der Waals surface area contributed by atoms with Crippen LogP contribution in [0.1, 0.15) is 5.56 Å². The third kappa shape index (κ3) is 3.32. The molecule has 0 heterocycles. The first kappa shape index (κ1) is 9.84. The van der Waals surface area contributed by atoms with Gasteiger partial charge in [0.15, 0.2) is 0 Å². The molecule has 0 aliphatic heterocycles. The summed E-state index contributed by atoms with van der Waals surface area (Å²) >= 11 is 0. The van der Waals surface area contributed by atoms with Gasteiger partial charge in [-0.1, -0.05) is 30.3 Å². The highest BCUT2D eigenvalue weighted by atomic mass is 31.1. The number of ether oxygens (including phenoxy) is 1. The van der Waals surface area contributed by atoms with Crippen molar-refractivity contribution < 1.29 is 19.0 Å². The summed E-state index contributed by atoms with van der Waals surface area (Å²) < 4.78 is 14.7. The van der Waals surface area contributed by atoms with Crippen molar-refractivity contribution in [3.05, 3.63) is 35.9 Å². The Bertz CT molecular complexity index is 309. The minimum absolute atomic E-state index is 0.0291. The molecule has 68 valence electrons. The highest BCUT2D eigenvalue weighted by molar-refractivity contribution is 7.57. The fourth-order valence-electron chi connectivity index (χ4n) is 0.775. The van der Waals surface area contributed by atoms with Crippen molar-refractivity contribution in [3.8, 4) is 0 Å². The van der Waals surface area contributed by atoms with E-state index in [2.05, 4.69) is 4.74 Å². The van der Waals surface area contributed by atoms with E-state index in [9.17, 15) is 9.36 Å². The predicted molar refractivity (Wildman–Crippen MR) is 46.5 cm³/mol. The average Bonchev–Trinajstić information content (AvgIpc) is 2.15. The number of carbonyl (C=O) groups excluding carboxylic acids is 1. The zero-order valence-electron chi connectivity index (χ0n) is 6.71. The van der Waals surface area contributed by atoms with Gasteiger partial charge >= 0.3 is 13.7 Å². The Morgan fingerprint density at radius 2 is 2.00 bits per heavy atom. The van der Waals surface area contributed by atoms with E-state index in [-0.39, 0.29) is 6.61 Å². The molecule has 0 fully saturated rings. The van der Waals surface area contributed by atoms with E-state index < -0.39 is 13.7 Å². The standard InChI is InChI=1S/C8H7O4P/c9-8(13(10)11)12-6-7-4-2-1-3-5-7/h1-5H,6H2/p+1. The van der Waals surface area contributed by atoms with Gasteiger partial charge in [0.1, 0.15) is 6.61 Å². The number of carbonyl (C=O) groups is 1. The minimum Gasteiger partial charge on any atom is -0.420 e. The van der Waals surface area contributed by atoms with E-state index in [1.807, 2.05) is 6.07 Å². The van der Waals surface area contributed by atoms with Crippen molar-refractivity contribution in [1.29, 1.82) is 0 Å². The van der Waals surface area contributed by atoms with Gasteiger partial charge in [-0.25, -0.2) is 0 Å². The molecule has 13 heavy (non-hydrogen) atoms. The van der Waals surface area contributed by atoms with Gasteiger partial charge in [-0.3, -0.25) is 0 Å². The summed E-state index contributed by atoms with van der Waals surface area (Å²) in [6, 6.07) is 8.94. The molecule has 0 saturated carbocycles. The van der Waals surface area contributed by atoms with Gasteiger partial charge in [-0.2, -0.15) is 9.69 Å². The molecule has 0 radical (unpaired) electrons. The van der Waals surface area contributed by atoms with E-state index in [0.717, 1.165) is 5.56 Å². The van der Waals surface area contributed by atoms with Crippen LogP contribution in [-0.2, 0) is 15.9 Å². The first-order valence-electron chi connectivity index (χ1n) is 3.57. The fourth-order valence-corrected chi connectivity index (χ4v) is 0.950. The van der Waals surface area contributed by atoms with Gasteiger partial charge in [0.2, 0.25) is 0 Å². The maximum Gasteiger partial charge on any atom is 0.633 e. The maximum atomic E-state index is 10.6. The van der Waals surface area contributed by atoms with Crippen LogP contribution in [0.4, 0.5) is 4.79 Å². The lowest BCUT2D eigenvalue weighted by atomic mass is 10.2. The molecule has 0 amide bonds. The van der Waals surface area contributed by atoms with Crippen LogP contribution >= 0.6 is 8.03 Å². The first-order valence-corrected chi connectivity index (χ1v) is 4.78. The van der Waals surface area contributed by atoms with Gasteiger partial charge in [0.25, 0.3) is 0 Å². The number of benzene rings is 1. The van der Waals surface area contributed by atoms with Crippen LogP contribution in [-0.4, -0.2) is 10.6 Å². The normalized spacial score (nSPS) is 10.7. The quantitative estimate of drug-likeness (QED) is 0.756. The molecular weight excluding hydrogens is 191 g/mol. The van der Waals surface area contributed by atoms with Crippen LogP contribution in [0.25, 0.3) is 0 Å². The topological polar surface area (TPSA) is 63.6 Å². The van der Waals surface area contributed by atoms with Crippen LogP contribution in [0.5, 0.6) is 0 Å². The molecule has 0 saturated heterocycles. The molecule has 4 nitrogen and oxygen atoms in total. The molecule has 1 N–H and O–H groups in total. The smallest absolute Gasteiger partial charge is 0.420 e.